The van der Waals surface area contributed by atoms with Crippen LogP contribution < -0.4 is 10.4 Å². The summed E-state index contributed by atoms with van der Waals surface area (Å²) < 4.78 is 12.6. The molecule has 1 aromatic carbocycles. The van der Waals surface area contributed by atoms with Gasteiger partial charge in [0, 0.05) is 30.0 Å². The molecule has 1 saturated carbocycles. The van der Waals surface area contributed by atoms with E-state index in [0.717, 1.165) is 35.5 Å². The number of allylic oxidation sites excluding steroid dienone is 2. The number of hydrogen-bond donors (Lipinski definition) is 0. The van der Waals surface area contributed by atoms with Crippen molar-refractivity contribution in [1.29, 1.82) is 0 Å². The minimum Gasteiger partial charge on any atom is -0.399 e. The average molecular weight is 434 g/mol. The predicted molar refractivity (Wildman–Crippen MR) is 127 cm³/mol. The van der Waals surface area contributed by atoms with Crippen molar-refractivity contribution in [2.45, 2.75) is 95.9 Å². The molecule has 3 fully saturated rings. The zero-order chi connectivity index (χ0) is 22.6. The van der Waals surface area contributed by atoms with Gasteiger partial charge in [-0.25, -0.2) is 0 Å². The zero-order valence-electron chi connectivity index (χ0n) is 20.3. The first-order valence-electron chi connectivity index (χ1n) is 12.3. The van der Waals surface area contributed by atoms with Crippen molar-refractivity contribution < 1.29 is 14.1 Å². The van der Waals surface area contributed by atoms with Crippen LogP contribution in [0.2, 0.25) is 0 Å². The summed E-state index contributed by atoms with van der Waals surface area (Å²) in [5.74, 6) is 1.06. The first-order valence-corrected chi connectivity index (χ1v) is 12.3. The van der Waals surface area contributed by atoms with Crippen LogP contribution in [0.5, 0.6) is 0 Å². The fourth-order valence-corrected chi connectivity index (χ4v) is 6.23. The second-order valence-corrected chi connectivity index (χ2v) is 12.1. The van der Waals surface area contributed by atoms with Crippen molar-refractivity contribution in [1.82, 2.24) is 4.90 Å². The number of carbonyl (C=O) groups excluding carboxylic acids is 1. The maximum atomic E-state index is 13.6. The number of amides is 1. The Morgan fingerprint density at radius 2 is 1.69 bits per heavy atom. The molecule has 6 heteroatoms. The summed E-state index contributed by atoms with van der Waals surface area (Å²) in [5, 5.41) is 0. The highest BCUT2D eigenvalue weighted by Crippen LogP contribution is 2.48. The third-order valence-electron chi connectivity index (χ3n) is 9.14. The van der Waals surface area contributed by atoms with Gasteiger partial charge in [0.2, 0.25) is 5.91 Å². The molecule has 0 spiro atoms. The summed E-state index contributed by atoms with van der Waals surface area (Å²) in [6.07, 6.45) is 7.07. The van der Waals surface area contributed by atoms with E-state index in [1.807, 2.05) is 0 Å². The molecule has 5 nitrogen and oxygen atoms in total. The molecule has 0 aromatic heterocycles. The number of fused-ring (bicyclic) bond motifs is 3. The van der Waals surface area contributed by atoms with Gasteiger partial charge in [-0.15, -0.1) is 0 Å². The van der Waals surface area contributed by atoms with Gasteiger partial charge in [0.1, 0.15) is 0 Å². The second kappa shape index (κ2) is 6.41. The number of hydrogen-bond acceptors (Lipinski definition) is 4. The Hall–Kier alpha value is -1.79. The van der Waals surface area contributed by atoms with Crippen LogP contribution in [0.1, 0.15) is 72.8 Å². The predicted octanol–water partition coefficient (Wildman–Crippen LogP) is 3.75. The van der Waals surface area contributed by atoms with E-state index in [2.05, 4.69) is 75.6 Å². The maximum Gasteiger partial charge on any atom is 0.494 e. The van der Waals surface area contributed by atoms with E-state index in [1.54, 1.807) is 5.70 Å². The van der Waals surface area contributed by atoms with E-state index >= 15 is 0 Å². The molecular formula is C26H35BN2O3. The fourth-order valence-electron chi connectivity index (χ4n) is 6.23. The topological polar surface area (TPSA) is 42.0 Å². The third-order valence-corrected chi connectivity index (χ3v) is 9.14. The van der Waals surface area contributed by atoms with Gasteiger partial charge >= 0.3 is 7.12 Å². The Morgan fingerprint density at radius 1 is 1.00 bits per heavy atom. The summed E-state index contributed by atoms with van der Waals surface area (Å²) in [6, 6.07) is 7.21. The Kier molecular flexibility index (Phi) is 4.17. The van der Waals surface area contributed by atoms with E-state index in [9.17, 15) is 4.79 Å². The van der Waals surface area contributed by atoms with Gasteiger partial charge in [-0.2, -0.15) is 0 Å². The van der Waals surface area contributed by atoms with E-state index < -0.39 is 12.5 Å². The Morgan fingerprint density at radius 3 is 2.28 bits per heavy atom. The largest absolute Gasteiger partial charge is 0.494 e. The summed E-state index contributed by atoms with van der Waals surface area (Å²) in [7, 11) is -0.410. The van der Waals surface area contributed by atoms with Crippen molar-refractivity contribution in [3.05, 3.63) is 35.5 Å². The van der Waals surface area contributed by atoms with Crippen molar-refractivity contribution in [3.63, 3.8) is 0 Å². The van der Waals surface area contributed by atoms with Crippen LogP contribution >= 0.6 is 0 Å². The summed E-state index contributed by atoms with van der Waals surface area (Å²) in [5.41, 5.74) is 3.47. The number of rotatable bonds is 3. The minimum absolute atomic E-state index is 0.226. The first-order chi connectivity index (χ1) is 15.0. The van der Waals surface area contributed by atoms with E-state index in [4.69, 9.17) is 9.31 Å². The Labute approximate surface area is 192 Å². The Balaban J connectivity index is 1.27. The van der Waals surface area contributed by atoms with Crippen molar-refractivity contribution in [2.24, 2.45) is 5.92 Å². The van der Waals surface area contributed by atoms with Crippen LogP contribution in [0, 0.1) is 5.92 Å². The quantitative estimate of drug-likeness (QED) is 0.680. The standard InChI is InChI=1S/C26H35BN2O3/c1-24(2)21-10-8-17(27-31-25(3,4)26(5,6)32-27)12-22(21)29(23(24)30)20-13-19(14-20)28-15-16-7-9-18(28)11-16/h8-10,12,16,19-20H,7,11,13-15H2,1-6H3/t16?,19-,20+. The molecule has 6 rings (SSSR count). The van der Waals surface area contributed by atoms with Gasteiger partial charge in [-0.3, -0.25) is 4.79 Å². The van der Waals surface area contributed by atoms with Crippen LogP contribution in [0.25, 0.3) is 0 Å². The summed E-state index contributed by atoms with van der Waals surface area (Å²) in [6.45, 7) is 13.6. The molecule has 1 aromatic rings. The van der Waals surface area contributed by atoms with Crippen LogP contribution in [0.4, 0.5) is 5.69 Å². The lowest BCUT2D eigenvalue weighted by atomic mass is 9.76. The van der Waals surface area contributed by atoms with E-state index in [1.165, 1.54) is 19.4 Å². The molecule has 0 N–H and O–H groups in total. The van der Waals surface area contributed by atoms with Gasteiger partial charge in [-0.1, -0.05) is 18.2 Å². The zero-order valence-corrected chi connectivity index (χ0v) is 20.3. The lowest BCUT2D eigenvalue weighted by Gasteiger charge is -2.47. The van der Waals surface area contributed by atoms with E-state index in [0.29, 0.717) is 6.04 Å². The number of likely N-dealkylation sites (tertiary alicyclic amines) is 1. The highest BCUT2D eigenvalue weighted by molar-refractivity contribution is 6.62. The fraction of sp³-hybridized carbons (Fsp3) is 0.654. The van der Waals surface area contributed by atoms with Gasteiger partial charge in [0.15, 0.2) is 0 Å². The number of nitrogens with zero attached hydrogens (tertiary/aromatic N) is 2. The highest BCUT2D eigenvalue weighted by atomic mass is 16.7. The molecule has 5 aliphatic rings. The molecular weight excluding hydrogens is 399 g/mol. The summed E-state index contributed by atoms with van der Waals surface area (Å²) in [4.78, 5) is 18.3. The van der Waals surface area contributed by atoms with Crippen LogP contribution in [-0.4, -0.2) is 47.8 Å². The molecule has 3 heterocycles. The number of benzene rings is 1. The molecule has 170 valence electrons. The molecule has 3 aliphatic heterocycles. The Bertz CT molecular complexity index is 1010. The number of carbonyl (C=O) groups is 1. The smallest absolute Gasteiger partial charge is 0.399 e. The van der Waals surface area contributed by atoms with Gasteiger partial charge in [-0.05, 0) is 90.2 Å². The molecule has 1 atom stereocenters. The summed E-state index contributed by atoms with van der Waals surface area (Å²) >= 11 is 0. The monoisotopic (exact) mass is 434 g/mol. The molecule has 1 amide bonds. The molecule has 2 bridgehead atoms. The van der Waals surface area contributed by atoms with Crippen molar-refractivity contribution >= 4 is 24.2 Å². The van der Waals surface area contributed by atoms with Crippen LogP contribution in [-0.2, 0) is 19.5 Å². The molecule has 0 radical (unpaired) electrons. The molecule has 2 saturated heterocycles. The van der Waals surface area contributed by atoms with Crippen molar-refractivity contribution in [3.8, 4) is 0 Å². The first kappa shape index (κ1) is 20.8. The number of anilines is 1. The average Bonchev–Trinajstić information content (AvgIpc) is 3.39. The van der Waals surface area contributed by atoms with Gasteiger partial charge in [0.05, 0.1) is 16.6 Å². The van der Waals surface area contributed by atoms with Gasteiger partial charge < -0.3 is 19.1 Å². The lowest BCUT2D eigenvalue weighted by molar-refractivity contribution is -0.123. The second-order valence-electron chi connectivity index (χ2n) is 12.1. The third kappa shape index (κ3) is 2.75. The SMILES string of the molecule is CC1(C)C(=O)N([C@H]2C[C@@H](N3CC4CC=C3C4)C2)c2cc(B3OC(C)(C)C(C)(C)O3)ccc21. The molecule has 2 aliphatic carbocycles. The highest BCUT2D eigenvalue weighted by Gasteiger charge is 2.54. The van der Waals surface area contributed by atoms with Crippen LogP contribution in [0.3, 0.4) is 0 Å². The van der Waals surface area contributed by atoms with Gasteiger partial charge in [0.25, 0.3) is 0 Å². The minimum atomic E-state index is -0.496. The molecule has 32 heavy (non-hydrogen) atoms. The lowest BCUT2D eigenvalue weighted by Crippen LogP contribution is -2.55. The van der Waals surface area contributed by atoms with E-state index in [-0.39, 0.29) is 23.2 Å². The van der Waals surface area contributed by atoms with Crippen molar-refractivity contribution in [2.75, 3.05) is 11.4 Å². The molecule has 1 unspecified atom stereocenters. The van der Waals surface area contributed by atoms with Crippen LogP contribution in [0.15, 0.2) is 30.0 Å². The maximum absolute atomic E-state index is 13.6. The normalized spacial score (nSPS) is 33.6.